The summed E-state index contributed by atoms with van der Waals surface area (Å²) in [6, 6.07) is 6.46. The summed E-state index contributed by atoms with van der Waals surface area (Å²) in [4.78, 5) is 10.6. The Bertz CT molecular complexity index is 404. The molecule has 0 aromatic heterocycles. The molecule has 5 nitrogen and oxygen atoms in total. The standard InChI is InChI=1S/C14H21NO4/c1-4-10(2)9-19-13-7-5-12(6-8-13)11(3)15(18)14(16)17/h5-8,10-11,18H,4,9H2,1-3H3,(H,16,17). The molecule has 1 aromatic rings. The third kappa shape index (κ3) is 4.44. The van der Waals surface area contributed by atoms with E-state index >= 15 is 0 Å². The molecule has 0 saturated carbocycles. The van der Waals surface area contributed by atoms with Crippen LogP contribution in [0.1, 0.15) is 38.8 Å². The highest BCUT2D eigenvalue weighted by atomic mass is 16.6. The number of hydrogen-bond acceptors (Lipinski definition) is 3. The van der Waals surface area contributed by atoms with Gasteiger partial charge in [0, 0.05) is 0 Å². The first-order valence-electron chi connectivity index (χ1n) is 6.39. The predicted molar refractivity (Wildman–Crippen MR) is 71.5 cm³/mol. The molecular formula is C14H21NO4. The SMILES string of the molecule is CCC(C)COc1ccc(C(C)N(O)C(=O)O)cc1. The van der Waals surface area contributed by atoms with Crippen molar-refractivity contribution in [2.75, 3.05) is 6.61 Å². The minimum absolute atomic E-state index is 0.287. The van der Waals surface area contributed by atoms with Gasteiger partial charge in [0.15, 0.2) is 0 Å². The first-order chi connectivity index (χ1) is 8.95. The largest absolute Gasteiger partial charge is 0.493 e. The van der Waals surface area contributed by atoms with Gasteiger partial charge in [0.2, 0.25) is 0 Å². The van der Waals surface area contributed by atoms with E-state index in [0.717, 1.165) is 12.2 Å². The fourth-order valence-corrected chi connectivity index (χ4v) is 1.51. The van der Waals surface area contributed by atoms with Gasteiger partial charge >= 0.3 is 6.09 Å². The van der Waals surface area contributed by atoms with Crippen LogP contribution < -0.4 is 4.74 Å². The summed E-state index contributed by atoms with van der Waals surface area (Å²) < 4.78 is 5.61. The van der Waals surface area contributed by atoms with Gasteiger partial charge in [0.25, 0.3) is 0 Å². The second-order valence-electron chi connectivity index (χ2n) is 4.70. The number of hydrogen-bond donors (Lipinski definition) is 2. The topological polar surface area (TPSA) is 70.0 Å². The molecule has 0 aliphatic heterocycles. The lowest BCUT2D eigenvalue weighted by Gasteiger charge is -2.20. The van der Waals surface area contributed by atoms with Gasteiger partial charge in [0.1, 0.15) is 5.75 Å². The molecule has 106 valence electrons. The molecule has 2 unspecified atom stereocenters. The number of amides is 1. The third-order valence-corrected chi connectivity index (χ3v) is 3.16. The van der Waals surface area contributed by atoms with Crippen molar-refractivity contribution in [2.45, 2.75) is 33.2 Å². The molecule has 0 radical (unpaired) electrons. The maximum atomic E-state index is 10.6. The molecule has 0 spiro atoms. The van der Waals surface area contributed by atoms with E-state index in [-0.39, 0.29) is 5.06 Å². The molecule has 2 N–H and O–H groups in total. The average molecular weight is 267 g/mol. The Morgan fingerprint density at radius 1 is 1.32 bits per heavy atom. The highest BCUT2D eigenvalue weighted by molar-refractivity contribution is 5.64. The minimum atomic E-state index is -1.37. The maximum absolute atomic E-state index is 10.6. The molecule has 1 rings (SSSR count). The first-order valence-corrected chi connectivity index (χ1v) is 6.39. The smallest absolute Gasteiger partial charge is 0.431 e. The van der Waals surface area contributed by atoms with E-state index in [9.17, 15) is 10.0 Å². The van der Waals surface area contributed by atoms with Crippen LogP contribution in [0, 0.1) is 5.92 Å². The van der Waals surface area contributed by atoms with Gasteiger partial charge in [-0.25, -0.2) is 4.79 Å². The molecule has 0 saturated heterocycles. The molecule has 19 heavy (non-hydrogen) atoms. The van der Waals surface area contributed by atoms with Crippen LogP contribution in [0.4, 0.5) is 4.79 Å². The van der Waals surface area contributed by atoms with Crippen molar-refractivity contribution in [1.82, 2.24) is 5.06 Å². The maximum Gasteiger partial charge on any atom is 0.431 e. The highest BCUT2D eigenvalue weighted by Crippen LogP contribution is 2.22. The number of ether oxygens (including phenoxy) is 1. The second kappa shape index (κ2) is 6.99. The normalized spacial score (nSPS) is 13.7. The third-order valence-electron chi connectivity index (χ3n) is 3.16. The zero-order valence-corrected chi connectivity index (χ0v) is 11.5. The number of benzene rings is 1. The van der Waals surface area contributed by atoms with Crippen molar-refractivity contribution < 1.29 is 19.8 Å². The van der Waals surface area contributed by atoms with Crippen LogP contribution in [0.15, 0.2) is 24.3 Å². The molecule has 0 aliphatic rings. The Balaban J connectivity index is 2.63. The fourth-order valence-electron chi connectivity index (χ4n) is 1.51. The molecule has 1 amide bonds. The lowest BCUT2D eigenvalue weighted by molar-refractivity contribution is -0.0928. The van der Waals surface area contributed by atoms with Crippen molar-refractivity contribution in [3.05, 3.63) is 29.8 Å². The van der Waals surface area contributed by atoms with Crippen LogP contribution in [0.5, 0.6) is 5.75 Å². The Hall–Kier alpha value is -1.75. The molecule has 0 fully saturated rings. The number of carbonyl (C=O) groups is 1. The van der Waals surface area contributed by atoms with Crippen LogP contribution in [-0.2, 0) is 0 Å². The Kier molecular flexibility index (Phi) is 5.63. The molecule has 0 aliphatic carbocycles. The molecule has 5 heteroatoms. The van der Waals surface area contributed by atoms with Crippen molar-refractivity contribution in [3.8, 4) is 5.75 Å². The monoisotopic (exact) mass is 267 g/mol. The van der Waals surface area contributed by atoms with Gasteiger partial charge in [-0.15, -0.1) is 0 Å². The Morgan fingerprint density at radius 2 is 1.89 bits per heavy atom. The Labute approximate surface area is 113 Å². The predicted octanol–water partition coefficient (Wildman–Crippen LogP) is 3.54. The average Bonchev–Trinajstić information content (AvgIpc) is 2.43. The van der Waals surface area contributed by atoms with Gasteiger partial charge in [-0.3, -0.25) is 5.21 Å². The summed E-state index contributed by atoms with van der Waals surface area (Å²) in [5.74, 6) is 1.25. The van der Waals surface area contributed by atoms with E-state index in [4.69, 9.17) is 9.84 Å². The highest BCUT2D eigenvalue weighted by Gasteiger charge is 2.18. The van der Waals surface area contributed by atoms with Crippen molar-refractivity contribution >= 4 is 6.09 Å². The van der Waals surface area contributed by atoms with E-state index in [1.54, 1.807) is 31.2 Å². The zero-order valence-electron chi connectivity index (χ0n) is 11.5. The fraction of sp³-hybridized carbons (Fsp3) is 0.500. The second-order valence-corrected chi connectivity index (χ2v) is 4.70. The van der Waals surface area contributed by atoms with Crippen LogP contribution in [0.25, 0.3) is 0 Å². The van der Waals surface area contributed by atoms with E-state index in [2.05, 4.69) is 13.8 Å². The molecule has 0 heterocycles. The zero-order chi connectivity index (χ0) is 14.4. The van der Waals surface area contributed by atoms with E-state index in [0.29, 0.717) is 18.1 Å². The summed E-state index contributed by atoms with van der Waals surface area (Å²) in [6.45, 7) is 6.50. The van der Waals surface area contributed by atoms with Gasteiger partial charge in [0.05, 0.1) is 12.6 Å². The quantitative estimate of drug-likeness (QED) is 0.611. The minimum Gasteiger partial charge on any atom is -0.493 e. The molecule has 0 bridgehead atoms. The molecule has 2 atom stereocenters. The summed E-state index contributed by atoms with van der Waals surface area (Å²) in [5, 5.41) is 18.3. The van der Waals surface area contributed by atoms with Crippen LogP contribution in [0.3, 0.4) is 0 Å². The van der Waals surface area contributed by atoms with Crippen LogP contribution in [-0.4, -0.2) is 28.1 Å². The van der Waals surface area contributed by atoms with Crippen molar-refractivity contribution in [1.29, 1.82) is 0 Å². The van der Waals surface area contributed by atoms with Gasteiger partial charge in [-0.1, -0.05) is 32.4 Å². The van der Waals surface area contributed by atoms with E-state index in [1.165, 1.54) is 0 Å². The van der Waals surface area contributed by atoms with Gasteiger partial charge in [-0.2, -0.15) is 5.06 Å². The van der Waals surface area contributed by atoms with Gasteiger partial charge < -0.3 is 9.84 Å². The van der Waals surface area contributed by atoms with Crippen LogP contribution >= 0.6 is 0 Å². The van der Waals surface area contributed by atoms with Crippen LogP contribution in [0.2, 0.25) is 0 Å². The summed E-state index contributed by atoms with van der Waals surface area (Å²) >= 11 is 0. The molecule has 1 aromatic carbocycles. The van der Waals surface area contributed by atoms with Crippen molar-refractivity contribution in [3.63, 3.8) is 0 Å². The Morgan fingerprint density at radius 3 is 2.37 bits per heavy atom. The lowest BCUT2D eigenvalue weighted by Crippen LogP contribution is -2.28. The summed E-state index contributed by atoms with van der Waals surface area (Å²) in [6.07, 6.45) is -0.308. The van der Waals surface area contributed by atoms with E-state index in [1.807, 2.05) is 0 Å². The summed E-state index contributed by atoms with van der Waals surface area (Å²) in [5.41, 5.74) is 0.709. The number of nitrogens with zero attached hydrogens (tertiary/aromatic N) is 1. The number of hydroxylamine groups is 2. The van der Waals surface area contributed by atoms with Crippen molar-refractivity contribution in [2.24, 2.45) is 5.92 Å². The number of carboxylic acid groups (broad SMARTS) is 1. The first kappa shape index (κ1) is 15.3. The summed E-state index contributed by atoms with van der Waals surface area (Å²) in [7, 11) is 0. The molecular weight excluding hydrogens is 246 g/mol. The van der Waals surface area contributed by atoms with E-state index < -0.39 is 12.1 Å². The number of rotatable bonds is 6. The van der Waals surface area contributed by atoms with Gasteiger partial charge in [-0.05, 0) is 30.5 Å². The lowest BCUT2D eigenvalue weighted by atomic mass is 10.1.